The number of carbonyl (C=O) groups is 1. The number of aromatic amines is 1. The Balaban J connectivity index is 1.49. The Hall–Kier alpha value is -2.15. The van der Waals surface area contributed by atoms with E-state index in [1.165, 1.54) is 18.2 Å². The summed E-state index contributed by atoms with van der Waals surface area (Å²) in [6.07, 6.45) is 5.54. The molecule has 0 aliphatic heterocycles. The van der Waals surface area contributed by atoms with Crippen molar-refractivity contribution in [3.8, 4) is 0 Å². The van der Waals surface area contributed by atoms with E-state index in [0.717, 1.165) is 47.7 Å². The van der Waals surface area contributed by atoms with Crippen LogP contribution in [0.1, 0.15) is 44.6 Å². The van der Waals surface area contributed by atoms with Crippen LogP contribution in [-0.4, -0.2) is 37.5 Å². The molecule has 26 heavy (non-hydrogen) atoms. The number of ether oxygens (including phenoxy) is 1. The molecule has 1 saturated carbocycles. The van der Waals surface area contributed by atoms with E-state index in [9.17, 15) is 4.79 Å². The van der Waals surface area contributed by atoms with Crippen LogP contribution in [0.3, 0.4) is 0 Å². The molecule has 1 atom stereocenters. The molecule has 0 radical (unpaired) electrons. The summed E-state index contributed by atoms with van der Waals surface area (Å²) in [5, 5.41) is 9.66. The molecule has 1 aliphatic carbocycles. The number of rotatable bonds is 4. The number of fused-ring (bicyclic) bond motifs is 3. The quantitative estimate of drug-likeness (QED) is 0.548. The number of nitrogens with zero attached hydrogens (tertiary/aromatic N) is 3. The van der Waals surface area contributed by atoms with Crippen molar-refractivity contribution in [1.29, 1.82) is 0 Å². The Bertz CT molecular complexity index is 949. The van der Waals surface area contributed by atoms with Gasteiger partial charge < -0.3 is 9.72 Å². The molecule has 1 fully saturated rings. The molecule has 2 aromatic heterocycles. The van der Waals surface area contributed by atoms with E-state index in [-0.39, 0.29) is 17.3 Å². The molecule has 136 valence electrons. The first kappa shape index (κ1) is 17.3. The fourth-order valence-electron chi connectivity index (χ4n) is 3.37. The predicted molar refractivity (Wildman–Crippen MR) is 102 cm³/mol. The van der Waals surface area contributed by atoms with Gasteiger partial charge in [0.2, 0.25) is 5.16 Å². The molecule has 7 heteroatoms. The highest BCUT2D eigenvalue weighted by molar-refractivity contribution is 8.00. The monoisotopic (exact) mass is 370 g/mol. The van der Waals surface area contributed by atoms with Crippen LogP contribution >= 0.6 is 11.8 Å². The van der Waals surface area contributed by atoms with Gasteiger partial charge in [0.15, 0.2) is 5.65 Å². The fraction of sp³-hybridized carbons (Fsp3) is 0.474. The highest BCUT2D eigenvalue weighted by atomic mass is 32.2. The van der Waals surface area contributed by atoms with Crippen molar-refractivity contribution in [2.75, 3.05) is 0 Å². The normalized spacial score (nSPS) is 16.8. The van der Waals surface area contributed by atoms with Gasteiger partial charge in [0.1, 0.15) is 16.9 Å². The first-order valence-corrected chi connectivity index (χ1v) is 9.98. The lowest BCUT2D eigenvalue weighted by molar-refractivity contribution is -0.149. The first-order chi connectivity index (χ1) is 12.6. The number of H-pyrrole nitrogens is 1. The summed E-state index contributed by atoms with van der Waals surface area (Å²) >= 11 is 1.29. The number of benzene rings is 1. The molecule has 6 nitrogen and oxygen atoms in total. The van der Waals surface area contributed by atoms with Crippen molar-refractivity contribution < 1.29 is 9.53 Å². The number of nitrogens with one attached hydrogen (secondary N) is 1. The van der Waals surface area contributed by atoms with Crippen molar-refractivity contribution in [1.82, 2.24) is 20.2 Å². The lowest BCUT2D eigenvalue weighted by Crippen LogP contribution is -2.26. The van der Waals surface area contributed by atoms with Gasteiger partial charge in [0.25, 0.3) is 0 Å². The van der Waals surface area contributed by atoms with E-state index in [1.807, 2.05) is 26.0 Å². The highest BCUT2D eigenvalue weighted by Gasteiger charge is 2.23. The zero-order chi connectivity index (χ0) is 18.1. The number of hydrogen-bond acceptors (Lipinski definition) is 6. The van der Waals surface area contributed by atoms with Crippen molar-refractivity contribution in [3.63, 3.8) is 0 Å². The minimum absolute atomic E-state index is 0.0674. The summed E-state index contributed by atoms with van der Waals surface area (Å²) in [4.78, 5) is 20.1. The SMILES string of the molecule is Cc1ccc2[nH]c3nc(SC(C)C(=O)OC4CCCCC4)nnc3c2c1. The van der Waals surface area contributed by atoms with Crippen LogP contribution in [0.4, 0.5) is 0 Å². The number of aromatic nitrogens is 4. The summed E-state index contributed by atoms with van der Waals surface area (Å²) in [7, 11) is 0. The Morgan fingerprint density at radius 3 is 2.88 bits per heavy atom. The lowest BCUT2D eigenvalue weighted by Gasteiger charge is -2.23. The lowest BCUT2D eigenvalue weighted by atomic mass is 9.98. The van der Waals surface area contributed by atoms with Gasteiger partial charge in [0.05, 0.1) is 0 Å². The zero-order valence-corrected chi connectivity index (χ0v) is 15.8. The Morgan fingerprint density at radius 1 is 1.27 bits per heavy atom. The third-order valence-corrected chi connectivity index (χ3v) is 5.73. The molecular formula is C19H22N4O2S. The van der Waals surface area contributed by atoms with Crippen molar-refractivity contribution >= 4 is 39.8 Å². The summed E-state index contributed by atoms with van der Waals surface area (Å²) in [5.74, 6) is -0.196. The summed E-state index contributed by atoms with van der Waals surface area (Å²) in [6.45, 7) is 3.88. The largest absolute Gasteiger partial charge is 0.462 e. The van der Waals surface area contributed by atoms with E-state index in [1.54, 1.807) is 0 Å². The second-order valence-corrected chi connectivity index (χ2v) is 8.23. The molecule has 1 aliphatic rings. The van der Waals surface area contributed by atoms with E-state index in [4.69, 9.17) is 4.74 Å². The molecule has 1 N–H and O–H groups in total. The molecule has 0 saturated heterocycles. The maximum absolute atomic E-state index is 12.3. The number of carbonyl (C=O) groups excluding carboxylic acids is 1. The smallest absolute Gasteiger partial charge is 0.319 e. The van der Waals surface area contributed by atoms with E-state index in [0.29, 0.717) is 10.8 Å². The predicted octanol–water partition coefficient (Wildman–Crippen LogP) is 4.17. The second kappa shape index (κ2) is 7.23. The van der Waals surface area contributed by atoms with Gasteiger partial charge in [-0.1, -0.05) is 29.8 Å². The van der Waals surface area contributed by atoms with Crippen molar-refractivity contribution in [2.45, 2.75) is 62.5 Å². The van der Waals surface area contributed by atoms with Crippen LogP contribution in [0.2, 0.25) is 0 Å². The van der Waals surface area contributed by atoms with Gasteiger partial charge in [-0.15, -0.1) is 10.2 Å². The van der Waals surface area contributed by atoms with E-state index in [2.05, 4.69) is 26.2 Å². The van der Waals surface area contributed by atoms with E-state index >= 15 is 0 Å². The topological polar surface area (TPSA) is 80.8 Å². The Morgan fingerprint density at radius 2 is 2.08 bits per heavy atom. The Kier molecular flexibility index (Phi) is 4.80. The standard InChI is InChI=1S/C19H22N4O2S/c1-11-8-9-15-14(10-11)16-17(20-15)21-19(23-22-16)26-12(2)18(24)25-13-6-4-3-5-7-13/h8-10,12-13H,3-7H2,1-2H3,(H,20,21,23). The third kappa shape index (κ3) is 3.53. The van der Waals surface area contributed by atoms with Crippen molar-refractivity contribution in [2.24, 2.45) is 0 Å². The minimum atomic E-state index is -0.359. The van der Waals surface area contributed by atoms with Gasteiger partial charge in [-0.25, -0.2) is 4.98 Å². The van der Waals surface area contributed by atoms with Gasteiger partial charge in [-0.3, -0.25) is 4.79 Å². The highest BCUT2D eigenvalue weighted by Crippen LogP contribution is 2.27. The molecule has 1 aromatic carbocycles. The maximum atomic E-state index is 12.3. The molecule has 0 bridgehead atoms. The van der Waals surface area contributed by atoms with E-state index < -0.39 is 0 Å². The van der Waals surface area contributed by atoms with Crippen LogP contribution in [0.25, 0.3) is 22.1 Å². The van der Waals surface area contributed by atoms with Gasteiger partial charge in [-0.05, 0) is 51.7 Å². The van der Waals surface area contributed by atoms with Crippen LogP contribution in [0.5, 0.6) is 0 Å². The second-order valence-electron chi connectivity index (χ2n) is 6.92. The number of hydrogen-bond donors (Lipinski definition) is 1. The van der Waals surface area contributed by atoms with Crippen molar-refractivity contribution in [3.05, 3.63) is 23.8 Å². The summed E-state index contributed by atoms with van der Waals surface area (Å²) < 4.78 is 5.63. The minimum Gasteiger partial charge on any atom is -0.462 e. The van der Waals surface area contributed by atoms with Crippen LogP contribution in [0.15, 0.2) is 23.4 Å². The molecule has 0 spiro atoms. The third-order valence-electron chi connectivity index (χ3n) is 4.80. The average Bonchev–Trinajstić information content (AvgIpc) is 2.99. The number of thioether (sulfide) groups is 1. The van der Waals surface area contributed by atoms with Gasteiger partial charge in [-0.2, -0.15) is 0 Å². The molecular weight excluding hydrogens is 348 g/mol. The molecule has 2 heterocycles. The van der Waals surface area contributed by atoms with Gasteiger partial charge in [0, 0.05) is 10.9 Å². The van der Waals surface area contributed by atoms with Crippen LogP contribution in [-0.2, 0) is 9.53 Å². The Labute approximate surface area is 156 Å². The van der Waals surface area contributed by atoms with Crippen LogP contribution in [0, 0.1) is 6.92 Å². The number of esters is 1. The fourth-order valence-corrected chi connectivity index (χ4v) is 4.07. The summed E-state index contributed by atoms with van der Waals surface area (Å²) in [6, 6.07) is 6.14. The zero-order valence-electron chi connectivity index (χ0n) is 15.0. The number of aryl methyl sites for hydroxylation is 1. The van der Waals surface area contributed by atoms with Crippen LogP contribution < -0.4 is 0 Å². The molecule has 0 amide bonds. The first-order valence-electron chi connectivity index (χ1n) is 9.10. The molecule has 1 unspecified atom stereocenters. The summed E-state index contributed by atoms with van der Waals surface area (Å²) in [5.41, 5.74) is 3.60. The molecule has 4 rings (SSSR count). The maximum Gasteiger partial charge on any atom is 0.319 e. The molecule has 3 aromatic rings. The average molecular weight is 370 g/mol. The van der Waals surface area contributed by atoms with Gasteiger partial charge >= 0.3 is 5.97 Å².